The second-order valence-corrected chi connectivity index (χ2v) is 6.63. The predicted molar refractivity (Wildman–Crippen MR) is 96.4 cm³/mol. The zero-order valence-corrected chi connectivity index (χ0v) is 14.7. The summed E-state index contributed by atoms with van der Waals surface area (Å²) in [6, 6.07) is 8.00. The number of rotatable bonds is 3. The highest BCUT2D eigenvalue weighted by Crippen LogP contribution is 2.32. The van der Waals surface area contributed by atoms with E-state index >= 15 is 0 Å². The van der Waals surface area contributed by atoms with Gasteiger partial charge in [0, 0.05) is 19.3 Å². The summed E-state index contributed by atoms with van der Waals surface area (Å²) in [5.41, 5.74) is 3.46. The summed E-state index contributed by atoms with van der Waals surface area (Å²) < 4.78 is 1.82. The second kappa shape index (κ2) is 6.35. The third-order valence-electron chi connectivity index (χ3n) is 4.99. The Morgan fingerprint density at radius 1 is 1.32 bits per heavy atom. The number of fused-ring (bicyclic) bond motifs is 1. The predicted octanol–water partition coefficient (Wildman–Crippen LogP) is 3.46. The zero-order chi connectivity index (χ0) is 17.4. The van der Waals surface area contributed by atoms with Crippen LogP contribution in [0.2, 0.25) is 0 Å². The highest BCUT2D eigenvalue weighted by atomic mass is 16.2. The van der Waals surface area contributed by atoms with Crippen molar-refractivity contribution in [2.75, 3.05) is 6.54 Å². The lowest BCUT2D eigenvalue weighted by molar-refractivity contribution is 0.0600. The van der Waals surface area contributed by atoms with E-state index in [1.165, 1.54) is 0 Å². The first-order valence-electron chi connectivity index (χ1n) is 8.97. The molecule has 1 aliphatic heterocycles. The number of H-pyrrole nitrogens is 1. The molecule has 2 aromatic heterocycles. The van der Waals surface area contributed by atoms with Gasteiger partial charge in [-0.3, -0.25) is 9.48 Å². The number of aromatic nitrogens is 4. The van der Waals surface area contributed by atoms with E-state index in [0.29, 0.717) is 5.56 Å². The Hall–Kier alpha value is -2.63. The van der Waals surface area contributed by atoms with Crippen molar-refractivity contribution in [3.63, 3.8) is 0 Å². The van der Waals surface area contributed by atoms with Crippen molar-refractivity contribution < 1.29 is 4.79 Å². The minimum Gasteiger partial charge on any atom is -0.340 e. The fourth-order valence-electron chi connectivity index (χ4n) is 3.63. The molecule has 1 amide bonds. The van der Waals surface area contributed by atoms with Gasteiger partial charge in [-0.15, -0.1) is 0 Å². The van der Waals surface area contributed by atoms with Gasteiger partial charge < -0.3 is 9.88 Å². The quantitative estimate of drug-likeness (QED) is 0.796. The Kier molecular flexibility index (Phi) is 4.03. The lowest BCUT2D eigenvalue weighted by Crippen LogP contribution is -2.39. The van der Waals surface area contributed by atoms with Gasteiger partial charge in [-0.1, -0.05) is 12.1 Å². The van der Waals surface area contributed by atoms with Gasteiger partial charge in [-0.05, 0) is 45.2 Å². The van der Waals surface area contributed by atoms with Crippen LogP contribution in [0.4, 0.5) is 0 Å². The average molecular weight is 337 g/mol. The number of nitrogens with one attached hydrogen (secondary N) is 1. The number of carbonyl (C=O) groups excluding carboxylic acids is 1. The molecule has 0 radical (unpaired) electrons. The number of amides is 1. The molecule has 1 fully saturated rings. The number of piperidine rings is 1. The number of likely N-dealkylation sites (tertiary alicyclic amines) is 1. The summed E-state index contributed by atoms with van der Waals surface area (Å²) in [6.45, 7) is 5.46. The standard InChI is InChI=1S/C19H23N5O/c1-3-23-12-14(13(2)22-23)19(25)24-11-7-6-10-17(24)18-20-15-8-4-5-9-16(15)21-18/h4-5,8-9,12,17H,3,6-7,10-11H2,1-2H3,(H,20,21)/t17-/m0/s1. The maximum Gasteiger partial charge on any atom is 0.257 e. The van der Waals surface area contributed by atoms with E-state index in [4.69, 9.17) is 4.98 Å². The van der Waals surface area contributed by atoms with Crippen LogP contribution in [-0.2, 0) is 6.54 Å². The minimum absolute atomic E-state index is 0.00183. The van der Waals surface area contributed by atoms with Crippen LogP contribution < -0.4 is 0 Å². The van der Waals surface area contributed by atoms with E-state index in [2.05, 4.69) is 10.1 Å². The molecule has 0 unspecified atom stereocenters. The van der Waals surface area contributed by atoms with Gasteiger partial charge in [0.05, 0.1) is 28.3 Å². The van der Waals surface area contributed by atoms with Crippen LogP contribution in [0.5, 0.6) is 0 Å². The Balaban J connectivity index is 1.68. The fourth-order valence-corrected chi connectivity index (χ4v) is 3.63. The molecule has 3 heterocycles. The van der Waals surface area contributed by atoms with Gasteiger partial charge >= 0.3 is 0 Å². The van der Waals surface area contributed by atoms with Crippen molar-refractivity contribution >= 4 is 16.9 Å². The first-order valence-corrected chi connectivity index (χ1v) is 8.97. The summed E-state index contributed by atoms with van der Waals surface area (Å²) in [5, 5.41) is 4.42. The molecule has 3 aromatic rings. The number of hydrogen-bond donors (Lipinski definition) is 1. The van der Waals surface area contributed by atoms with Gasteiger partial charge in [0.15, 0.2) is 0 Å². The molecule has 1 aliphatic rings. The summed E-state index contributed by atoms with van der Waals surface area (Å²) in [7, 11) is 0. The molecular formula is C19H23N5O. The molecule has 1 atom stereocenters. The molecule has 4 rings (SSSR count). The normalized spacial score (nSPS) is 18.0. The van der Waals surface area contributed by atoms with Crippen molar-refractivity contribution in [2.45, 2.75) is 45.7 Å². The van der Waals surface area contributed by atoms with Crippen LogP contribution in [0, 0.1) is 6.92 Å². The van der Waals surface area contributed by atoms with E-state index in [0.717, 1.165) is 54.9 Å². The molecule has 1 aromatic carbocycles. The van der Waals surface area contributed by atoms with Crippen molar-refractivity contribution in [1.29, 1.82) is 0 Å². The van der Waals surface area contributed by atoms with Crippen molar-refractivity contribution in [1.82, 2.24) is 24.6 Å². The van der Waals surface area contributed by atoms with Crippen molar-refractivity contribution in [3.05, 3.63) is 47.5 Å². The van der Waals surface area contributed by atoms with E-state index < -0.39 is 0 Å². The fraction of sp³-hybridized carbons (Fsp3) is 0.421. The first-order chi connectivity index (χ1) is 12.2. The Bertz CT molecular complexity index is 877. The van der Waals surface area contributed by atoms with E-state index in [1.54, 1.807) is 0 Å². The molecule has 1 N–H and O–H groups in total. The third-order valence-corrected chi connectivity index (χ3v) is 4.99. The molecule has 1 saturated heterocycles. The molecule has 0 saturated carbocycles. The summed E-state index contributed by atoms with van der Waals surface area (Å²) in [4.78, 5) is 23.3. The van der Waals surface area contributed by atoms with E-state index in [9.17, 15) is 4.79 Å². The Morgan fingerprint density at radius 3 is 2.92 bits per heavy atom. The molecular weight excluding hydrogens is 314 g/mol. The van der Waals surface area contributed by atoms with Gasteiger partial charge in [0.25, 0.3) is 5.91 Å². The van der Waals surface area contributed by atoms with Crippen LogP contribution in [-0.4, -0.2) is 37.1 Å². The monoisotopic (exact) mass is 337 g/mol. The largest absolute Gasteiger partial charge is 0.340 e. The van der Waals surface area contributed by atoms with Gasteiger partial charge in [-0.2, -0.15) is 5.10 Å². The first kappa shape index (κ1) is 15.9. The van der Waals surface area contributed by atoms with Crippen LogP contribution in [0.3, 0.4) is 0 Å². The zero-order valence-electron chi connectivity index (χ0n) is 14.7. The maximum absolute atomic E-state index is 13.2. The molecule has 0 aliphatic carbocycles. The maximum atomic E-state index is 13.2. The molecule has 6 heteroatoms. The highest BCUT2D eigenvalue weighted by Gasteiger charge is 2.32. The van der Waals surface area contributed by atoms with E-state index in [-0.39, 0.29) is 11.9 Å². The number of aryl methyl sites for hydroxylation is 2. The molecule has 25 heavy (non-hydrogen) atoms. The van der Waals surface area contributed by atoms with Crippen LogP contribution in [0.15, 0.2) is 30.5 Å². The number of carbonyl (C=O) groups is 1. The number of hydrogen-bond acceptors (Lipinski definition) is 3. The van der Waals surface area contributed by atoms with Crippen molar-refractivity contribution in [2.24, 2.45) is 0 Å². The number of para-hydroxylation sites is 2. The lowest BCUT2D eigenvalue weighted by atomic mass is 10.0. The smallest absolute Gasteiger partial charge is 0.257 e. The highest BCUT2D eigenvalue weighted by molar-refractivity contribution is 5.95. The van der Waals surface area contributed by atoms with Crippen molar-refractivity contribution in [3.8, 4) is 0 Å². The molecule has 0 bridgehead atoms. The van der Waals surface area contributed by atoms with Crippen LogP contribution in [0.1, 0.15) is 54.1 Å². The number of aromatic amines is 1. The number of benzene rings is 1. The second-order valence-electron chi connectivity index (χ2n) is 6.63. The summed E-state index contributed by atoms with van der Waals surface area (Å²) in [5.74, 6) is 0.942. The van der Waals surface area contributed by atoms with Gasteiger partial charge in [0.2, 0.25) is 0 Å². The summed E-state index contributed by atoms with van der Waals surface area (Å²) >= 11 is 0. The van der Waals surface area contributed by atoms with E-state index in [1.807, 2.05) is 53.9 Å². The minimum atomic E-state index is -0.00183. The molecule has 130 valence electrons. The van der Waals surface area contributed by atoms with Crippen LogP contribution in [0.25, 0.3) is 11.0 Å². The van der Waals surface area contributed by atoms with Crippen LogP contribution >= 0.6 is 0 Å². The van der Waals surface area contributed by atoms with Gasteiger partial charge in [0.1, 0.15) is 5.82 Å². The Labute approximate surface area is 146 Å². The average Bonchev–Trinajstić information content (AvgIpc) is 3.24. The molecule has 0 spiro atoms. The lowest BCUT2D eigenvalue weighted by Gasteiger charge is -2.34. The molecule has 6 nitrogen and oxygen atoms in total. The number of imidazole rings is 1. The number of nitrogens with zero attached hydrogens (tertiary/aromatic N) is 4. The SMILES string of the molecule is CCn1cc(C(=O)N2CCCC[C@H]2c2nc3ccccc3[nH]2)c(C)n1. The summed E-state index contributed by atoms with van der Waals surface area (Å²) in [6.07, 6.45) is 4.94. The Morgan fingerprint density at radius 2 is 2.16 bits per heavy atom. The van der Waals surface area contributed by atoms with Gasteiger partial charge in [-0.25, -0.2) is 4.98 Å². The topological polar surface area (TPSA) is 66.8 Å². The third kappa shape index (κ3) is 2.81.